The van der Waals surface area contributed by atoms with E-state index in [1.165, 1.54) is 6.07 Å². The van der Waals surface area contributed by atoms with E-state index in [9.17, 15) is 4.39 Å². The number of hydrogen-bond donors (Lipinski definition) is 1. The largest absolute Gasteiger partial charge is 0.492 e. The number of anilines is 1. The normalized spacial score (nSPS) is 22.7. The smallest absolute Gasteiger partial charge is 0.171 e. The molecule has 0 saturated heterocycles. The van der Waals surface area contributed by atoms with E-state index in [4.69, 9.17) is 9.47 Å². The molecule has 1 aromatic carbocycles. The van der Waals surface area contributed by atoms with Crippen LogP contribution in [0.5, 0.6) is 11.5 Å². The highest BCUT2D eigenvalue weighted by Gasteiger charge is 2.64. The van der Waals surface area contributed by atoms with Gasteiger partial charge < -0.3 is 14.8 Å². The fourth-order valence-corrected chi connectivity index (χ4v) is 5.24. The molecule has 0 amide bonds. The van der Waals surface area contributed by atoms with E-state index in [0.29, 0.717) is 35.9 Å². The molecule has 1 unspecified atom stereocenters. The quantitative estimate of drug-likeness (QED) is 0.520. The van der Waals surface area contributed by atoms with Crippen LogP contribution in [0, 0.1) is 5.82 Å². The second-order valence-corrected chi connectivity index (χ2v) is 9.06. The molecule has 4 aromatic rings. The van der Waals surface area contributed by atoms with Crippen LogP contribution in [0.1, 0.15) is 37.4 Å². The molecule has 0 bridgehead atoms. The number of hydrogen-bond acceptors (Lipinski definition) is 6. The highest BCUT2D eigenvalue weighted by atomic mass is 19.1. The molecule has 2 aliphatic heterocycles. The Morgan fingerprint density at radius 3 is 3.03 bits per heavy atom. The first-order valence-electron chi connectivity index (χ1n) is 10.8. The molecule has 5 heterocycles. The summed E-state index contributed by atoms with van der Waals surface area (Å²) in [7, 11) is 0. The summed E-state index contributed by atoms with van der Waals surface area (Å²) in [5, 5.41) is 16.4. The summed E-state index contributed by atoms with van der Waals surface area (Å²) in [5.74, 6) is 1.93. The van der Waals surface area contributed by atoms with Crippen LogP contribution in [0.15, 0.2) is 36.8 Å². The SMILES string of the molecule is CC(C)n1nccc1-c1cc2c(n3cnnc13)NCc1c(F)ccc3c1C1(CO3)C[C@H]1O2. The Hall–Kier alpha value is -3.62. The van der Waals surface area contributed by atoms with Crippen molar-refractivity contribution >= 4 is 11.5 Å². The number of aromatic nitrogens is 5. The number of nitrogens with one attached hydrogen (secondary N) is 1. The molecule has 0 radical (unpaired) electrons. The molecule has 1 fully saturated rings. The molecule has 162 valence electrons. The minimum atomic E-state index is -0.294. The summed E-state index contributed by atoms with van der Waals surface area (Å²) < 4.78 is 31.2. The fraction of sp³-hybridized carbons (Fsp3) is 0.348. The molecule has 32 heavy (non-hydrogen) atoms. The van der Waals surface area contributed by atoms with Crippen molar-refractivity contribution in [2.24, 2.45) is 0 Å². The van der Waals surface area contributed by atoms with E-state index in [1.807, 2.05) is 21.2 Å². The van der Waals surface area contributed by atoms with Gasteiger partial charge >= 0.3 is 0 Å². The lowest BCUT2D eigenvalue weighted by Gasteiger charge is -2.18. The van der Waals surface area contributed by atoms with Crippen molar-refractivity contribution in [3.63, 3.8) is 0 Å². The molecule has 9 heteroatoms. The monoisotopic (exact) mass is 432 g/mol. The number of rotatable bonds is 2. The molecule has 1 spiro atoms. The van der Waals surface area contributed by atoms with Gasteiger partial charge in [-0.1, -0.05) is 0 Å². The van der Waals surface area contributed by atoms with Crippen LogP contribution in [0.2, 0.25) is 0 Å². The van der Waals surface area contributed by atoms with E-state index in [0.717, 1.165) is 29.0 Å². The third-order valence-corrected chi connectivity index (χ3v) is 6.88. The Bertz CT molecular complexity index is 1410. The van der Waals surface area contributed by atoms with Gasteiger partial charge in [-0.15, -0.1) is 10.2 Å². The molecule has 1 aliphatic carbocycles. The molecule has 7 rings (SSSR count). The van der Waals surface area contributed by atoms with Crippen LogP contribution >= 0.6 is 0 Å². The molecule has 2 atom stereocenters. The highest BCUT2D eigenvalue weighted by molar-refractivity contribution is 5.80. The predicted molar refractivity (Wildman–Crippen MR) is 115 cm³/mol. The summed E-state index contributed by atoms with van der Waals surface area (Å²) >= 11 is 0. The summed E-state index contributed by atoms with van der Waals surface area (Å²) in [4.78, 5) is 0. The van der Waals surface area contributed by atoms with Crippen molar-refractivity contribution < 1.29 is 13.9 Å². The van der Waals surface area contributed by atoms with Gasteiger partial charge in [-0.25, -0.2) is 4.39 Å². The molecule has 3 aliphatic rings. The maximum atomic E-state index is 14.9. The first-order chi connectivity index (χ1) is 15.6. The van der Waals surface area contributed by atoms with Crippen molar-refractivity contribution in [1.29, 1.82) is 0 Å². The minimum Gasteiger partial charge on any atom is -0.492 e. The van der Waals surface area contributed by atoms with Crippen LogP contribution in [-0.2, 0) is 12.0 Å². The van der Waals surface area contributed by atoms with Crippen LogP contribution in [0.4, 0.5) is 10.2 Å². The summed E-state index contributed by atoms with van der Waals surface area (Å²) in [6.07, 6.45) is 4.16. The number of ether oxygens (including phenoxy) is 2. The van der Waals surface area contributed by atoms with Gasteiger partial charge in [-0.05, 0) is 38.1 Å². The first kappa shape index (κ1) is 18.0. The number of pyridine rings is 1. The van der Waals surface area contributed by atoms with Crippen molar-refractivity contribution in [2.45, 2.75) is 44.4 Å². The molecular formula is C23H21FN6O2. The number of halogens is 1. The third-order valence-electron chi connectivity index (χ3n) is 6.88. The average molecular weight is 432 g/mol. The Kier molecular flexibility index (Phi) is 3.37. The van der Waals surface area contributed by atoms with E-state index in [1.54, 1.807) is 18.6 Å². The summed E-state index contributed by atoms with van der Waals surface area (Å²) in [6.45, 7) is 5.01. The maximum Gasteiger partial charge on any atom is 0.171 e. The van der Waals surface area contributed by atoms with Crippen LogP contribution < -0.4 is 14.8 Å². The van der Waals surface area contributed by atoms with Crippen LogP contribution in [0.3, 0.4) is 0 Å². The first-order valence-corrected chi connectivity index (χ1v) is 10.8. The molecule has 3 aromatic heterocycles. The van der Waals surface area contributed by atoms with E-state index < -0.39 is 0 Å². The second kappa shape index (κ2) is 5.99. The average Bonchev–Trinajstić information content (AvgIpc) is 3.23. The third kappa shape index (κ3) is 2.23. The zero-order valence-corrected chi connectivity index (χ0v) is 17.7. The van der Waals surface area contributed by atoms with E-state index in [-0.39, 0.29) is 23.4 Å². The van der Waals surface area contributed by atoms with Crippen molar-refractivity contribution in [1.82, 2.24) is 24.4 Å². The van der Waals surface area contributed by atoms with E-state index in [2.05, 4.69) is 34.5 Å². The van der Waals surface area contributed by atoms with Crippen molar-refractivity contribution in [3.05, 3.63) is 53.7 Å². The zero-order chi connectivity index (χ0) is 21.6. The number of nitrogens with zero attached hydrogens (tertiary/aromatic N) is 5. The maximum absolute atomic E-state index is 14.9. The second-order valence-electron chi connectivity index (χ2n) is 9.06. The topological polar surface area (TPSA) is 78.5 Å². The molecular weight excluding hydrogens is 411 g/mol. The Morgan fingerprint density at radius 2 is 2.16 bits per heavy atom. The van der Waals surface area contributed by atoms with Gasteiger partial charge in [0.1, 0.15) is 30.6 Å². The van der Waals surface area contributed by atoms with Gasteiger partial charge in [-0.3, -0.25) is 9.08 Å². The Labute approximate surface area is 183 Å². The van der Waals surface area contributed by atoms with E-state index >= 15 is 0 Å². The fourth-order valence-electron chi connectivity index (χ4n) is 5.24. The Morgan fingerprint density at radius 1 is 1.25 bits per heavy atom. The van der Waals surface area contributed by atoms with Crippen LogP contribution in [0.25, 0.3) is 16.9 Å². The van der Waals surface area contributed by atoms with Crippen molar-refractivity contribution in [2.75, 3.05) is 11.9 Å². The van der Waals surface area contributed by atoms with Crippen LogP contribution in [-0.4, -0.2) is 37.1 Å². The van der Waals surface area contributed by atoms with Gasteiger partial charge in [0.2, 0.25) is 0 Å². The minimum absolute atomic E-state index is 0.0836. The standard InChI is InChI=1S/C23H21FN6O2/c1-12(2)30-16(5-6-27-30)13-7-18-22(29-11-26-28-21(13)29)25-9-14-15(24)3-4-17-20(14)23(10-31-17)8-19(23)32-18/h3-7,11-12,19,25H,8-10H2,1-2H3/t19-,23?/m1/s1. The number of benzene rings is 1. The summed E-state index contributed by atoms with van der Waals surface area (Å²) in [6, 6.07) is 7.37. The molecule has 8 nitrogen and oxygen atoms in total. The van der Waals surface area contributed by atoms with Gasteiger partial charge in [0, 0.05) is 41.9 Å². The van der Waals surface area contributed by atoms with Gasteiger partial charge in [0.15, 0.2) is 17.2 Å². The van der Waals surface area contributed by atoms with Crippen molar-refractivity contribution in [3.8, 4) is 22.8 Å². The van der Waals surface area contributed by atoms with Gasteiger partial charge in [0.25, 0.3) is 0 Å². The lowest BCUT2D eigenvalue weighted by atomic mass is 9.92. The lowest BCUT2D eigenvalue weighted by molar-refractivity contribution is 0.243. The summed E-state index contributed by atoms with van der Waals surface area (Å²) in [5.41, 5.74) is 3.81. The number of fused-ring (bicyclic) bond motifs is 3. The molecule has 1 N–H and O–H groups in total. The lowest BCUT2D eigenvalue weighted by Crippen LogP contribution is -2.19. The zero-order valence-electron chi connectivity index (χ0n) is 17.7. The highest BCUT2D eigenvalue weighted by Crippen LogP contribution is 2.59. The Balaban J connectivity index is 1.43. The molecule has 1 saturated carbocycles. The van der Waals surface area contributed by atoms with Gasteiger partial charge in [-0.2, -0.15) is 5.10 Å². The predicted octanol–water partition coefficient (Wildman–Crippen LogP) is 3.72. The van der Waals surface area contributed by atoms with Gasteiger partial charge in [0.05, 0.1) is 11.1 Å².